The van der Waals surface area contributed by atoms with Gasteiger partial charge in [-0.05, 0) is 43.9 Å². The first-order chi connectivity index (χ1) is 9.67. The van der Waals surface area contributed by atoms with Crippen molar-refractivity contribution in [3.05, 3.63) is 35.1 Å². The van der Waals surface area contributed by atoms with Gasteiger partial charge in [-0.1, -0.05) is 6.07 Å². The van der Waals surface area contributed by atoms with Crippen molar-refractivity contribution in [2.45, 2.75) is 57.5 Å². The van der Waals surface area contributed by atoms with Gasteiger partial charge in [-0.2, -0.15) is 0 Å². The number of nitrogens with one attached hydrogen (secondary N) is 1. The molecule has 1 aliphatic carbocycles. The Bertz CT molecular complexity index is 476. The smallest absolute Gasteiger partial charge is 0.128 e. The first kappa shape index (κ1) is 14.0. The maximum Gasteiger partial charge on any atom is 0.128 e. The average Bonchev–Trinajstić information content (AvgIpc) is 3.22. The lowest BCUT2D eigenvalue weighted by Gasteiger charge is -2.19. The minimum Gasteiger partial charge on any atom is -0.392 e. The summed E-state index contributed by atoms with van der Waals surface area (Å²) in [5.74, 6) is -0.328. The molecule has 20 heavy (non-hydrogen) atoms. The number of halogens is 1. The van der Waals surface area contributed by atoms with Crippen LogP contribution in [0.1, 0.15) is 37.3 Å². The Morgan fingerprint density at radius 3 is 2.90 bits per heavy atom. The molecule has 2 unspecified atom stereocenters. The van der Waals surface area contributed by atoms with Gasteiger partial charge in [0.25, 0.3) is 0 Å². The van der Waals surface area contributed by atoms with E-state index in [1.165, 1.54) is 25.3 Å². The highest BCUT2D eigenvalue weighted by molar-refractivity contribution is 5.24. The van der Waals surface area contributed by atoms with Crippen molar-refractivity contribution >= 4 is 0 Å². The van der Waals surface area contributed by atoms with Crippen LogP contribution in [0.5, 0.6) is 0 Å². The monoisotopic (exact) mass is 278 g/mol. The lowest BCUT2D eigenvalue weighted by atomic mass is 10.1. The van der Waals surface area contributed by atoms with E-state index < -0.39 is 0 Å². The Hall–Kier alpha value is -0.970. The van der Waals surface area contributed by atoms with Crippen molar-refractivity contribution < 1.29 is 9.50 Å². The summed E-state index contributed by atoms with van der Waals surface area (Å²) in [6, 6.07) is 6.99. The Morgan fingerprint density at radius 1 is 1.40 bits per heavy atom. The molecule has 0 aromatic heterocycles. The van der Waals surface area contributed by atoms with Crippen LogP contribution in [0.4, 0.5) is 4.39 Å². The predicted octanol–water partition coefficient (Wildman–Crippen LogP) is 2.03. The van der Waals surface area contributed by atoms with Crippen molar-refractivity contribution in [2.75, 3.05) is 6.54 Å². The van der Waals surface area contributed by atoms with E-state index in [1.54, 1.807) is 12.1 Å². The third kappa shape index (κ3) is 3.03. The number of hydrogen-bond donors (Lipinski definition) is 2. The Morgan fingerprint density at radius 2 is 2.20 bits per heavy atom. The van der Waals surface area contributed by atoms with Gasteiger partial charge in [-0.3, -0.25) is 4.90 Å². The van der Waals surface area contributed by atoms with Gasteiger partial charge in [0.1, 0.15) is 5.82 Å². The van der Waals surface area contributed by atoms with E-state index in [1.807, 2.05) is 0 Å². The van der Waals surface area contributed by atoms with Gasteiger partial charge in [0.15, 0.2) is 0 Å². The highest BCUT2D eigenvalue weighted by atomic mass is 19.1. The van der Waals surface area contributed by atoms with Gasteiger partial charge in [-0.15, -0.1) is 0 Å². The van der Waals surface area contributed by atoms with E-state index in [0.717, 1.165) is 24.7 Å². The van der Waals surface area contributed by atoms with Crippen molar-refractivity contribution in [1.29, 1.82) is 0 Å². The van der Waals surface area contributed by atoms with Crippen LogP contribution in [0.3, 0.4) is 0 Å². The summed E-state index contributed by atoms with van der Waals surface area (Å²) in [5.41, 5.74) is 1.41. The first-order valence-electron chi connectivity index (χ1n) is 7.54. The second kappa shape index (κ2) is 5.80. The van der Waals surface area contributed by atoms with E-state index in [2.05, 4.69) is 17.1 Å². The Labute approximate surface area is 119 Å². The second-order valence-electron chi connectivity index (χ2n) is 6.17. The highest BCUT2D eigenvalue weighted by Gasteiger charge is 2.38. The molecule has 2 aliphatic rings. The van der Waals surface area contributed by atoms with Crippen molar-refractivity contribution in [3.8, 4) is 0 Å². The van der Waals surface area contributed by atoms with Gasteiger partial charge in [0, 0.05) is 36.8 Å². The average molecular weight is 278 g/mol. The minimum atomic E-state index is -0.328. The zero-order chi connectivity index (χ0) is 14.1. The molecule has 0 amide bonds. The molecule has 1 aliphatic heterocycles. The quantitative estimate of drug-likeness (QED) is 0.865. The van der Waals surface area contributed by atoms with E-state index >= 15 is 0 Å². The number of benzene rings is 1. The fraction of sp³-hybridized carbons (Fsp3) is 0.625. The van der Waals surface area contributed by atoms with Crippen LogP contribution in [0.2, 0.25) is 0 Å². The highest BCUT2D eigenvalue weighted by Crippen LogP contribution is 2.33. The molecule has 2 N–H and O–H groups in total. The number of hydrogen-bond acceptors (Lipinski definition) is 3. The molecule has 4 heteroatoms. The molecule has 1 aromatic rings. The predicted molar refractivity (Wildman–Crippen MR) is 76.8 cm³/mol. The molecule has 1 saturated heterocycles. The fourth-order valence-corrected chi connectivity index (χ4v) is 3.24. The number of rotatable bonds is 5. The van der Waals surface area contributed by atoms with Gasteiger partial charge in [-0.25, -0.2) is 4.39 Å². The molecule has 3 rings (SSSR count). The maximum atomic E-state index is 13.3. The number of likely N-dealkylation sites (tertiary alicyclic amines) is 1. The first-order valence-corrected chi connectivity index (χ1v) is 7.54. The molecule has 0 radical (unpaired) electrons. The van der Waals surface area contributed by atoms with Crippen LogP contribution >= 0.6 is 0 Å². The lowest BCUT2D eigenvalue weighted by molar-refractivity contribution is 0.255. The summed E-state index contributed by atoms with van der Waals surface area (Å²) in [4.78, 5) is 2.61. The van der Waals surface area contributed by atoms with E-state index in [4.69, 9.17) is 5.11 Å². The number of nitrogens with zero attached hydrogens (tertiary/aromatic N) is 1. The van der Waals surface area contributed by atoms with Gasteiger partial charge in [0.05, 0.1) is 6.61 Å². The zero-order valence-corrected chi connectivity index (χ0v) is 12.0. The van der Waals surface area contributed by atoms with Gasteiger partial charge < -0.3 is 10.4 Å². The van der Waals surface area contributed by atoms with Crippen LogP contribution < -0.4 is 5.32 Å². The summed E-state index contributed by atoms with van der Waals surface area (Å²) in [7, 11) is 0. The van der Waals surface area contributed by atoms with Crippen LogP contribution in [0.15, 0.2) is 18.2 Å². The van der Waals surface area contributed by atoms with E-state index in [9.17, 15) is 4.39 Å². The molecular weight excluding hydrogens is 255 g/mol. The number of aliphatic hydroxyl groups is 1. The third-order valence-electron chi connectivity index (χ3n) is 4.51. The number of aliphatic hydroxyl groups excluding tert-OH is 1. The van der Waals surface area contributed by atoms with Crippen LogP contribution in [0.25, 0.3) is 0 Å². The van der Waals surface area contributed by atoms with Gasteiger partial charge in [0.2, 0.25) is 0 Å². The largest absolute Gasteiger partial charge is 0.392 e. The van der Waals surface area contributed by atoms with Crippen LogP contribution in [-0.2, 0) is 13.2 Å². The van der Waals surface area contributed by atoms with Crippen molar-refractivity contribution in [1.82, 2.24) is 10.2 Å². The summed E-state index contributed by atoms with van der Waals surface area (Å²) in [6.07, 6.45) is 3.90. The Balaban J connectivity index is 1.54. The zero-order valence-electron chi connectivity index (χ0n) is 12.0. The normalized spacial score (nSPS) is 27.1. The summed E-state index contributed by atoms with van der Waals surface area (Å²) < 4.78 is 13.3. The molecule has 1 saturated carbocycles. The molecule has 1 aromatic carbocycles. The standard InChI is InChI=1S/C16H23FN2O/c1-11-6-14(9-19(11)15-3-4-15)18-8-12-2-5-16(17)13(7-12)10-20/h2,5,7,11,14-15,18,20H,3-4,6,8-10H2,1H3. The lowest BCUT2D eigenvalue weighted by Crippen LogP contribution is -2.33. The second-order valence-corrected chi connectivity index (χ2v) is 6.17. The molecule has 3 nitrogen and oxygen atoms in total. The minimum absolute atomic E-state index is 0.240. The van der Waals surface area contributed by atoms with Gasteiger partial charge >= 0.3 is 0 Å². The molecule has 2 atom stereocenters. The van der Waals surface area contributed by atoms with E-state index in [-0.39, 0.29) is 12.4 Å². The topological polar surface area (TPSA) is 35.5 Å². The Kier molecular flexibility index (Phi) is 4.06. The molecule has 1 heterocycles. The van der Waals surface area contributed by atoms with E-state index in [0.29, 0.717) is 17.6 Å². The maximum absolute atomic E-state index is 13.3. The summed E-state index contributed by atoms with van der Waals surface area (Å²) in [6.45, 7) is 3.93. The van der Waals surface area contributed by atoms with Crippen LogP contribution in [-0.4, -0.2) is 34.7 Å². The van der Waals surface area contributed by atoms with Crippen LogP contribution in [0, 0.1) is 5.82 Å². The molecule has 110 valence electrons. The van der Waals surface area contributed by atoms with Crippen molar-refractivity contribution in [3.63, 3.8) is 0 Å². The summed E-state index contributed by atoms with van der Waals surface area (Å²) >= 11 is 0. The fourth-order valence-electron chi connectivity index (χ4n) is 3.24. The summed E-state index contributed by atoms with van der Waals surface area (Å²) in [5, 5.41) is 12.7. The van der Waals surface area contributed by atoms with Crippen molar-refractivity contribution in [2.24, 2.45) is 0 Å². The third-order valence-corrected chi connectivity index (χ3v) is 4.51. The SMILES string of the molecule is CC1CC(NCc2ccc(F)c(CO)c2)CN1C1CC1. The molecular formula is C16H23FN2O. The molecule has 0 bridgehead atoms. The molecule has 0 spiro atoms. The molecule has 2 fully saturated rings.